The van der Waals surface area contributed by atoms with Crippen molar-refractivity contribution in [3.05, 3.63) is 50.8 Å². The third-order valence-electron chi connectivity index (χ3n) is 5.05. The molecule has 26 heavy (non-hydrogen) atoms. The monoisotopic (exact) mass is 395 g/mol. The number of aromatic amines is 1. The van der Waals surface area contributed by atoms with Gasteiger partial charge in [0, 0.05) is 35.5 Å². The summed E-state index contributed by atoms with van der Waals surface area (Å²) in [5.74, 6) is -0.358. The molecule has 0 unspecified atom stereocenters. The molecule has 2 aliphatic rings. The highest BCUT2D eigenvalue weighted by Gasteiger charge is 2.29. The number of hydrogen-bond donors (Lipinski definition) is 2. The van der Waals surface area contributed by atoms with Crippen molar-refractivity contribution in [1.29, 1.82) is 0 Å². The lowest BCUT2D eigenvalue weighted by Gasteiger charge is -2.12. The first-order chi connectivity index (χ1) is 12.5. The quantitative estimate of drug-likeness (QED) is 0.782. The molecule has 8 heteroatoms. The SMILES string of the molecule is O=C(Cc1[nH]c(=S)n2c1C[C@H](c1cc(Cl)ccc1F)C2)N[C@@H]1CCOC1. The van der Waals surface area contributed by atoms with Gasteiger partial charge in [0.05, 0.1) is 19.1 Å². The first-order valence-corrected chi connectivity index (χ1v) is 9.42. The molecule has 2 aliphatic heterocycles. The maximum Gasteiger partial charge on any atom is 0.226 e. The molecule has 0 saturated carbocycles. The number of halogens is 2. The molecule has 0 spiro atoms. The molecule has 0 radical (unpaired) electrons. The molecule has 2 N–H and O–H groups in total. The predicted molar refractivity (Wildman–Crippen MR) is 98.5 cm³/mol. The number of imidazole rings is 1. The van der Waals surface area contributed by atoms with E-state index in [2.05, 4.69) is 10.3 Å². The van der Waals surface area contributed by atoms with Crippen LogP contribution in [0.3, 0.4) is 0 Å². The zero-order valence-corrected chi connectivity index (χ0v) is 15.6. The van der Waals surface area contributed by atoms with Gasteiger partial charge in [-0.05, 0) is 48.8 Å². The van der Waals surface area contributed by atoms with Crippen molar-refractivity contribution in [1.82, 2.24) is 14.9 Å². The Labute approximate surface area is 160 Å². The molecule has 1 saturated heterocycles. The number of nitrogens with one attached hydrogen (secondary N) is 2. The van der Waals surface area contributed by atoms with Gasteiger partial charge >= 0.3 is 0 Å². The van der Waals surface area contributed by atoms with Crippen LogP contribution in [0.2, 0.25) is 5.02 Å². The van der Waals surface area contributed by atoms with Crippen molar-refractivity contribution >= 4 is 29.7 Å². The molecule has 2 aromatic rings. The van der Waals surface area contributed by atoms with Gasteiger partial charge in [-0.1, -0.05) is 11.6 Å². The van der Waals surface area contributed by atoms with E-state index in [9.17, 15) is 9.18 Å². The summed E-state index contributed by atoms with van der Waals surface area (Å²) in [5, 5.41) is 3.50. The standard InChI is InChI=1S/C18H19ClFN3O2S/c19-11-1-2-14(20)13(6-11)10-5-16-15(22-18(26)23(16)8-10)7-17(24)21-12-3-4-25-9-12/h1-2,6,10,12H,3-5,7-9H2,(H,21,24)(H,22,26)/t10-,12+/m0/s1. The molecule has 2 atom stereocenters. The molecular formula is C18H19ClFN3O2S. The predicted octanol–water partition coefficient (Wildman–Crippen LogP) is 3.13. The molecule has 1 fully saturated rings. The summed E-state index contributed by atoms with van der Waals surface area (Å²) in [6.07, 6.45) is 1.69. The number of ether oxygens (including phenoxy) is 1. The summed E-state index contributed by atoms with van der Waals surface area (Å²) >= 11 is 11.4. The van der Waals surface area contributed by atoms with Gasteiger partial charge < -0.3 is 19.6 Å². The Bertz CT molecular complexity index is 904. The second kappa shape index (κ2) is 7.13. The molecule has 1 amide bonds. The first-order valence-electron chi connectivity index (χ1n) is 8.64. The third kappa shape index (κ3) is 3.43. The minimum atomic E-state index is -0.263. The first kappa shape index (κ1) is 17.7. The molecule has 1 aromatic carbocycles. The number of carbonyl (C=O) groups excluding carboxylic acids is 1. The number of hydrogen-bond acceptors (Lipinski definition) is 3. The number of nitrogens with zero attached hydrogens (tertiary/aromatic N) is 1. The average Bonchev–Trinajstić information content (AvgIpc) is 3.30. The van der Waals surface area contributed by atoms with Gasteiger partial charge in [-0.3, -0.25) is 4.79 Å². The van der Waals surface area contributed by atoms with Gasteiger partial charge in [-0.25, -0.2) is 4.39 Å². The number of benzene rings is 1. The number of carbonyl (C=O) groups is 1. The van der Waals surface area contributed by atoms with Crippen LogP contribution >= 0.6 is 23.8 Å². The molecule has 4 rings (SSSR count). The van der Waals surface area contributed by atoms with Crippen molar-refractivity contribution in [2.24, 2.45) is 0 Å². The van der Waals surface area contributed by atoms with E-state index in [1.807, 2.05) is 4.57 Å². The average molecular weight is 396 g/mol. The normalized spacial score (nSPS) is 21.8. The smallest absolute Gasteiger partial charge is 0.226 e. The van der Waals surface area contributed by atoms with Crippen molar-refractivity contribution in [3.8, 4) is 0 Å². The lowest BCUT2D eigenvalue weighted by molar-refractivity contribution is -0.121. The van der Waals surface area contributed by atoms with Crippen molar-refractivity contribution in [3.63, 3.8) is 0 Å². The number of amides is 1. The molecule has 3 heterocycles. The Morgan fingerprint density at radius 2 is 2.35 bits per heavy atom. The summed E-state index contributed by atoms with van der Waals surface area (Å²) in [5.41, 5.74) is 2.36. The van der Waals surface area contributed by atoms with Gasteiger partial charge in [0.25, 0.3) is 0 Å². The lowest BCUT2D eigenvalue weighted by Crippen LogP contribution is -2.36. The highest BCUT2D eigenvalue weighted by Crippen LogP contribution is 2.34. The Balaban J connectivity index is 1.52. The fourth-order valence-corrected chi connectivity index (χ4v) is 4.26. The van der Waals surface area contributed by atoms with E-state index in [0.717, 1.165) is 17.8 Å². The van der Waals surface area contributed by atoms with Crippen LogP contribution in [-0.2, 0) is 28.9 Å². The fourth-order valence-electron chi connectivity index (χ4n) is 3.77. The largest absolute Gasteiger partial charge is 0.379 e. The Morgan fingerprint density at radius 1 is 1.50 bits per heavy atom. The van der Waals surface area contributed by atoms with Gasteiger partial charge in [-0.15, -0.1) is 0 Å². The van der Waals surface area contributed by atoms with Gasteiger partial charge in [-0.2, -0.15) is 0 Å². The van der Waals surface area contributed by atoms with Crippen molar-refractivity contribution < 1.29 is 13.9 Å². The van der Waals surface area contributed by atoms with Crippen LogP contribution in [0.5, 0.6) is 0 Å². The molecule has 0 aliphatic carbocycles. The van der Waals surface area contributed by atoms with Gasteiger partial charge in [0.15, 0.2) is 4.77 Å². The van der Waals surface area contributed by atoms with Crippen LogP contribution in [0.1, 0.15) is 29.3 Å². The third-order valence-corrected chi connectivity index (χ3v) is 5.61. The van der Waals surface area contributed by atoms with Gasteiger partial charge in [0.2, 0.25) is 5.91 Å². The van der Waals surface area contributed by atoms with Crippen LogP contribution in [0.4, 0.5) is 4.39 Å². The number of fused-ring (bicyclic) bond motifs is 1. The van der Waals surface area contributed by atoms with Crippen LogP contribution in [-0.4, -0.2) is 34.7 Å². The van der Waals surface area contributed by atoms with E-state index in [1.165, 1.54) is 6.07 Å². The van der Waals surface area contributed by atoms with E-state index < -0.39 is 0 Å². The Hall–Kier alpha value is -1.70. The van der Waals surface area contributed by atoms with Crippen LogP contribution in [0, 0.1) is 10.6 Å². The van der Waals surface area contributed by atoms with Crippen LogP contribution in [0.15, 0.2) is 18.2 Å². The molecule has 5 nitrogen and oxygen atoms in total. The van der Waals surface area contributed by atoms with E-state index >= 15 is 0 Å². The summed E-state index contributed by atoms with van der Waals surface area (Å²) in [6, 6.07) is 4.69. The van der Waals surface area contributed by atoms with E-state index in [1.54, 1.807) is 12.1 Å². The van der Waals surface area contributed by atoms with Crippen LogP contribution in [0.25, 0.3) is 0 Å². The fraction of sp³-hybridized carbons (Fsp3) is 0.444. The maximum absolute atomic E-state index is 14.2. The Kier molecular flexibility index (Phi) is 4.86. The van der Waals surface area contributed by atoms with E-state index in [0.29, 0.717) is 41.5 Å². The van der Waals surface area contributed by atoms with E-state index in [-0.39, 0.29) is 30.1 Å². The van der Waals surface area contributed by atoms with Gasteiger partial charge in [0.1, 0.15) is 5.82 Å². The summed E-state index contributed by atoms with van der Waals surface area (Å²) in [6.45, 7) is 1.83. The summed E-state index contributed by atoms with van der Waals surface area (Å²) in [7, 11) is 0. The second-order valence-electron chi connectivity index (χ2n) is 6.84. The molecule has 0 bridgehead atoms. The topological polar surface area (TPSA) is 59.0 Å². The minimum Gasteiger partial charge on any atom is -0.379 e. The van der Waals surface area contributed by atoms with Crippen molar-refractivity contribution in [2.75, 3.05) is 13.2 Å². The van der Waals surface area contributed by atoms with E-state index in [4.69, 9.17) is 28.6 Å². The summed E-state index contributed by atoms with van der Waals surface area (Å²) < 4.78 is 22.0. The highest BCUT2D eigenvalue weighted by atomic mass is 35.5. The molecule has 138 valence electrons. The maximum atomic E-state index is 14.2. The molecular weight excluding hydrogens is 377 g/mol. The number of H-pyrrole nitrogens is 1. The zero-order chi connectivity index (χ0) is 18.3. The number of aromatic nitrogens is 2. The van der Waals surface area contributed by atoms with Crippen molar-refractivity contribution in [2.45, 2.75) is 37.8 Å². The summed E-state index contributed by atoms with van der Waals surface area (Å²) in [4.78, 5) is 15.5. The highest BCUT2D eigenvalue weighted by molar-refractivity contribution is 7.71. The second-order valence-corrected chi connectivity index (χ2v) is 7.66. The van der Waals surface area contributed by atoms with Crippen LogP contribution < -0.4 is 5.32 Å². The molecule has 1 aromatic heterocycles. The zero-order valence-electron chi connectivity index (χ0n) is 14.1. The Morgan fingerprint density at radius 3 is 3.12 bits per heavy atom. The number of rotatable bonds is 4. The lowest BCUT2D eigenvalue weighted by atomic mass is 9.95. The minimum absolute atomic E-state index is 0.0370.